The van der Waals surface area contributed by atoms with Gasteiger partial charge in [-0.1, -0.05) is 83.4 Å². The fourth-order valence-electron chi connectivity index (χ4n) is 2.27. The van der Waals surface area contributed by atoms with Crippen LogP contribution in [0.2, 0.25) is 0 Å². The predicted molar refractivity (Wildman–Crippen MR) is 90.0 cm³/mol. The molecule has 0 aromatic heterocycles. The molecule has 1 nitrogen and oxygen atoms in total. The second-order valence-corrected chi connectivity index (χ2v) is 5.65. The third-order valence-corrected chi connectivity index (χ3v) is 3.64. The Morgan fingerprint density at radius 3 is 2.05 bits per heavy atom. The number of carbonyl (C=O) groups excluding carboxylic acids is 1. The SMILES string of the molecule is CCCCCCCC/C=C/C=C(/C=O)CCCCCC. The molecule has 0 aliphatic carbocycles. The Kier molecular flexibility index (Phi) is 15.5. The van der Waals surface area contributed by atoms with E-state index in [1.807, 2.05) is 6.08 Å². The Bertz CT molecular complexity index is 263. The van der Waals surface area contributed by atoms with Gasteiger partial charge < -0.3 is 0 Å². The maximum atomic E-state index is 10.9. The van der Waals surface area contributed by atoms with Crippen LogP contribution in [0.3, 0.4) is 0 Å². The lowest BCUT2D eigenvalue weighted by Gasteiger charge is -1.99. The summed E-state index contributed by atoms with van der Waals surface area (Å²) in [5.74, 6) is 0. The van der Waals surface area contributed by atoms with E-state index in [0.717, 1.165) is 31.1 Å². The summed E-state index contributed by atoms with van der Waals surface area (Å²) in [6.07, 6.45) is 22.3. The highest BCUT2D eigenvalue weighted by Gasteiger charge is 1.94. The summed E-state index contributed by atoms with van der Waals surface area (Å²) in [6, 6.07) is 0. The number of unbranched alkanes of at least 4 members (excludes halogenated alkanes) is 9. The second-order valence-electron chi connectivity index (χ2n) is 5.65. The lowest BCUT2D eigenvalue weighted by Crippen LogP contribution is -1.85. The van der Waals surface area contributed by atoms with Crippen molar-refractivity contribution in [3.05, 3.63) is 23.8 Å². The quantitative estimate of drug-likeness (QED) is 0.156. The van der Waals surface area contributed by atoms with Crippen molar-refractivity contribution >= 4 is 6.29 Å². The maximum absolute atomic E-state index is 10.9. The monoisotopic (exact) mass is 278 g/mol. The lowest BCUT2D eigenvalue weighted by atomic mass is 10.1. The molecule has 0 aromatic carbocycles. The highest BCUT2D eigenvalue weighted by atomic mass is 16.1. The number of aldehydes is 1. The normalized spacial score (nSPS) is 12.2. The summed E-state index contributed by atoms with van der Waals surface area (Å²) in [7, 11) is 0. The van der Waals surface area contributed by atoms with Gasteiger partial charge in [-0.15, -0.1) is 0 Å². The van der Waals surface area contributed by atoms with Crippen LogP contribution < -0.4 is 0 Å². The van der Waals surface area contributed by atoms with Crippen molar-refractivity contribution in [2.45, 2.75) is 90.9 Å². The van der Waals surface area contributed by atoms with Gasteiger partial charge >= 0.3 is 0 Å². The molecule has 0 aliphatic rings. The largest absolute Gasteiger partial charge is 0.298 e. The Morgan fingerprint density at radius 2 is 1.40 bits per heavy atom. The average Bonchev–Trinajstić information content (AvgIpc) is 2.47. The lowest BCUT2D eigenvalue weighted by molar-refractivity contribution is -0.105. The van der Waals surface area contributed by atoms with Crippen LogP contribution in [0.4, 0.5) is 0 Å². The van der Waals surface area contributed by atoms with Crippen molar-refractivity contribution in [3.8, 4) is 0 Å². The predicted octanol–water partition coefficient (Wildman–Crippen LogP) is 6.39. The molecule has 0 saturated carbocycles. The Labute approximate surface area is 126 Å². The van der Waals surface area contributed by atoms with Gasteiger partial charge in [-0.05, 0) is 31.3 Å². The molecular weight excluding hydrogens is 244 g/mol. The van der Waals surface area contributed by atoms with Crippen molar-refractivity contribution < 1.29 is 4.79 Å². The number of hydrogen-bond donors (Lipinski definition) is 0. The molecule has 0 saturated heterocycles. The van der Waals surface area contributed by atoms with E-state index in [1.165, 1.54) is 57.8 Å². The Hall–Kier alpha value is -0.850. The highest BCUT2D eigenvalue weighted by Crippen LogP contribution is 2.10. The molecule has 0 amide bonds. The number of rotatable bonds is 14. The van der Waals surface area contributed by atoms with E-state index in [0.29, 0.717) is 0 Å². The first-order valence-corrected chi connectivity index (χ1v) is 8.66. The van der Waals surface area contributed by atoms with Crippen LogP contribution in [0.1, 0.15) is 90.9 Å². The molecule has 0 unspecified atom stereocenters. The van der Waals surface area contributed by atoms with E-state index in [-0.39, 0.29) is 0 Å². The van der Waals surface area contributed by atoms with Crippen LogP contribution >= 0.6 is 0 Å². The minimum Gasteiger partial charge on any atom is -0.298 e. The van der Waals surface area contributed by atoms with Crippen LogP contribution in [-0.2, 0) is 4.79 Å². The zero-order valence-corrected chi connectivity index (χ0v) is 13.7. The third kappa shape index (κ3) is 13.6. The number of hydrogen-bond acceptors (Lipinski definition) is 1. The van der Waals surface area contributed by atoms with Gasteiger partial charge in [0.15, 0.2) is 0 Å². The van der Waals surface area contributed by atoms with Crippen molar-refractivity contribution in [2.75, 3.05) is 0 Å². The molecule has 0 bridgehead atoms. The summed E-state index contributed by atoms with van der Waals surface area (Å²) in [5, 5.41) is 0. The molecule has 0 N–H and O–H groups in total. The average molecular weight is 278 g/mol. The summed E-state index contributed by atoms with van der Waals surface area (Å²) in [5.41, 5.74) is 0.945. The first-order chi connectivity index (χ1) is 9.85. The van der Waals surface area contributed by atoms with E-state index < -0.39 is 0 Å². The molecule has 0 aliphatic heterocycles. The summed E-state index contributed by atoms with van der Waals surface area (Å²) in [4.78, 5) is 10.9. The zero-order chi connectivity index (χ0) is 14.9. The van der Waals surface area contributed by atoms with Crippen LogP contribution in [0.5, 0.6) is 0 Å². The number of carbonyl (C=O) groups is 1. The molecule has 0 radical (unpaired) electrons. The van der Waals surface area contributed by atoms with Crippen LogP contribution in [0, 0.1) is 0 Å². The second kappa shape index (κ2) is 16.2. The van der Waals surface area contributed by atoms with Crippen LogP contribution in [0.25, 0.3) is 0 Å². The van der Waals surface area contributed by atoms with Gasteiger partial charge in [0.25, 0.3) is 0 Å². The minimum absolute atomic E-state index is 0.935. The highest BCUT2D eigenvalue weighted by molar-refractivity contribution is 5.73. The Morgan fingerprint density at radius 1 is 0.800 bits per heavy atom. The smallest absolute Gasteiger partial charge is 0.146 e. The van der Waals surface area contributed by atoms with Crippen LogP contribution in [-0.4, -0.2) is 6.29 Å². The fourth-order valence-corrected chi connectivity index (χ4v) is 2.27. The third-order valence-electron chi connectivity index (χ3n) is 3.64. The summed E-state index contributed by atoms with van der Waals surface area (Å²) >= 11 is 0. The maximum Gasteiger partial charge on any atom is 0.146 e. The minimum atomic E-state index is 0.935. The summed E-state index contributed by atoms with van der Waals surface area (Å²) in [6.45, 7) is 4.46. The van der Waals surface area contributed by atoms with Gasteiger partial charge in [-0.25, -0.2) is 0 Å². The van der Waals surface area contributed by atoms with Gasteiger partial charge in [-0.2, -0.15) is 0 Å². The summed E-state index contributed by atoms with van der Waals surface area (Å²) < 4.78 is 0. The molecule has 0 spiro atoms. The van der Waals surface area contributed by atoms with Crippen molar-refractivity contribution in [3.63, 3.8) is 0 Å². The van der Waals surface area contributed by atoms with E-state index in [9.17, 15) is 4.79 Å². The topological polar surface area (TPSA) is 17.1 Å². The van der Waals surface area contributed by atoms with Gasteiger partial charge in [0.05, 0.1) is 0 Å². The molecule has 0 fully saturated rings. The first-order valence-electron chi connectivity index (χ1n) is 8.66. The molecule has 0 aromatic rings. The van der Waals surface area contributed by atoms with Crippen molar-refractivity contribution in [2.24, 2.45) is 0 Å². The molecule has 0 atom stereocenters. The molecular formula is C19H34O. The molecule has 1 heteroatoms. The van der Waals surface area contributed by atoms with E-state index in [4.69, 9.17) is 0 Å². The van der Waals surface area contributed by atoms with Gasteiger partial charge in [0.1, 0.15) is 6.29 Å². The molecule has 0 heterocycles. The van der Waals surface area contributed by atoms with Crippen molar-refractivity contribution in [1.82, 2.24) is 0 Å². The van der Waals surface area contributed by atoms with Crippen molar-refractivity contribution in [1.29, 1.82) is 0 Å². The molecule has 0 rings (SSSR count). The van der Waals surface area contributed by atoms with Gasteiger partial charge in [0.2, 0.25) is 0 Å². The standard InChI is InChI=1S/C19H34O/c1-3-5-7-9-10-11-12-13-15-17-19(18-20)16-14-8-6-4-2/h13,15,17-18H,3-12,14,16H2,1-2H3/b15-13+,19-17+. The van der Waals surface area contributed by atoms with Gasteiger partial charge in [-0.3, -0.25) is 4.79 Å². The van der Waals surface area contributed by atoms with Gasteiger partial charge in [0, 0.05) is 0 Å². The first kappa shape index (κ1) is 19.1. The molecule has 20 heavy (non-hydrogen) atoms. The molecule has 116 valence electrons. The zero-order valence-electron chi connectivity index (χ0n) is 13.7. The van der Waals surface area contributed by atoms with E-state index >= 15 is 0 Å². The van der Waals surface area contributed by atoms with E-state index in [2.05, 4.69) is 26.0 Å². The van der Waals surface area contributed by atoms with Crippen LogP contribution in [0.15, 0.2) is 23.8 Å². The number of allylic oxidation sites excluding steroid dienone is 4. The van der Waals surface area contributed by atoms with E-state index in [1.54, 1.807) is 0 Å². The fraction of sp³-hybridized carbons (Fsp3) is 0.737. The Balaban J connectivity index is 3.60.